The molecule has 4 nitrogen and oxygen atoms in total. The minimum atomic E-state index is -0.359. The van der Waals surface area contributed by atoms with Crippen molar-refractivity contribution in [3.8, 4) is 0 Å². The minimum Gasteiger partial charge on any atom is -0.375 e. The van der Waals surface area contributed by atoms with Gasteiger partial charge in [0.15, 0.2) is 5.13 Å². The lowest BCUT2D eigenvalue weighted by Gasteiger charge is -2.05. The zero-order valence-electron chi connectivity index (χ0n) is 8.41. The van der Waals surface area contributed by atoms with Crippen LogP contribution in [0.5, 0.6) is 0 Å². The van der Waals surface area contributed by atoms with Gasteiger partial charge >= 0.3 is 0 Å². The Balaban J connectivity index is 2.18. The molecule has 0 saturated carbocycles. The second-order valence-corrected chi connectivity index (χ2v) is 4.88. The number of benzene rings is 1. The average molecular weight is 288 g/mol. The van der Waals surface area contributed by atoms with Crippen LogP contribution in [0.4, 0.5) is 10.8 Å². The molecular formula is C10H7Cl2N3OS. The molecule has 0 aliphatic carbocycles. The van der Waals surface area contributed by atoms with E-state index < -0.39 is 0 Å². The molecule has 7 heteroatoms. The number of anilines is 2. The maximum atomic E-state index is 11.8. The minimum absolute atomic E-state index is 0.263. The van der Waals surface area contributed by atoms with Crippen LogP contribution in [0.3, 0.4) is 0 Å². The monoisotopic (exact) mass is 287 g/mol. The first-order chi connectivity index (χ1) is 8.06. The number of hydrogen-bond acceptors (Lipinski definition) is 4. The van der Waals surface area contributed by atoms with Crippen molar-refractivity contribution in [1.82, 2.24) is 4.98 Å². The van der Waals surface area contributed by atoms with Crippen LogP contribution in [0.15, 0.2) is 23.6 Å². The third-order valence-corrected chi connectivity index (χ3v) is 3.16. The van der Waals surface area contributed by atoms with E-state index in [-0.39, 0.29) is 11.6 Å². The van der Waals surface area contributed by atoms with E-state index in [9.17, 15) is 4.79 Å². The van der Waals surface area contributed by atoms with Crippen molar-refractivity contribution in [2.75, 3.05) is 11.1 Å². The Labute approximate surface area is 111 Å². The Morgan fingerprint density at radius 1 is 1.41 bits per heavy atom. The second kappa shape index (κ2) is 4.91. The van der Waals surface area contributed by atoms with Gasteiger partial charge in [-0.3, -0.25) is 4.79 Å². The molecule has 2 aromatic rings. The van der Waals surface area contributed by atoms with Gasteiger partial charge in [-0.1, -0.05) is 23.2 Å². The van der Waals surface area contributed by atoms with Crippen LogP contribution in [0.1, 0.15) is 10.5 Å². The Hall–Kier alpha value is -1.30. The molecule has 88 valence electrons. The first kappa shape index (κ1) is 12.2. The van der Waals surface area contributed by atoms with Crippen LogP contribution in [0.25, 0.3) is 0 Å². The molecule has 0 aliphatic heterocycles. The van der Waals surface area contributed by atoms with Gasteiger partial charge in [0.1, 0.15) is 5.69 Å². The second-order valence-electron chi connectivity index (χ2n) is 3.15. The lowest BCUT2D eigenvalue weighted by molar-refractivity contribution is 0.102. The van der Waals surface area contributed by atoms with Crippen LogP contribution in [-0.4, -0.2) is 10.9 Å². The van der Waals surface area contributed by atoms with Crippen molar-refractivity contribution in [2.45, 2.75) is 0 Å². The summed E-state index contributed by atoms with van der Waals surface area (Å²) in [6.07, 6.45) is 0. The molecule has 0 unspecified atom stereocenters. The van der Waals surface area contributed by atoms with Gasteiger partial charge in [-0.2, -0.15) is 0 Å². The number of amides is 1. The highest BCUT2D eigenvalue weighted by Gasteiger charge is 2.11. The molecule has 1 heterocycles. The molecule has 0 atom stereocenters. The van der Waals surface area contributed by atoms with E-state index in [1.807, 2.05) is 0 Å². The first-order valence-corrected chi connectivity index (χ1v) is 6.17. The molecule has 1 aromatic heterocycles. The number of carbonyl (C=O) groups excluding carboxylic acids is 1. The zero-order chi connectivity index (χ0) is 12.4. The quantitative estimate of drug-likeness (QED) is 0.891. The number of hydrogen-bond donors (Lipinski definition) is 2. The molecule has 2 rings (SSSR count). The van der Waals surface area contributed by atoms with Gasteiger partial charge in [0.25, 0.3) is 5.91 Å². The summed E-state index contributed by atoms with van der Waals surface area (Å²) in [5.41, 5.74) is 6.19. The first-order valence-electron chi connectivity index (χ1n) is 4.53. The SMILES string of the molecule is Nc1nc(C(=O)Nc2ccc(Cl)cc2Cl)cs1. The van der Waals surface area contributed by atoms with E-state index in [1.165, 1.54) is 11.3 Å². The van der Waals surface area contributed by atoms with Crippen molar-refractivity contribution >= 4 is 51.3 Å². The molecule has 0 radical (unpaired) electrons. The normalized spacial score (nSPS) is 10.2. The number of thiazole rings is 1. The number of aromatic nitrogens is 1. The van der Waals surface area contributed by atoms with E-state index in [1.54, 1.807) is 23.6 Å². The van der Waals surface area contributed by atoms with Crippen molar-refractivity contribution in [2.24, 2.45) is 0 Å². The fourth-order valence-corrected chi connectivity index (χ4v) is 2.17. The Morgan fingerprint density at radius 2 is 2.18 bits per heavy atom. The summed E-state index contributed by atoms with van der Waals surface area (Å²) in [6.45, 7) is 0. The number of nitrogen functional groups attached to an aromatic ring is 1. The van der Waals surface area contributed by atoms with E-state index >= 15 is 0 Å². The van der Waals surface area contributed by atoms with Crippen LogP contribution < -0.4 is 11.1 Å². The Morgan fingerprint density at radius 3 is 2.76 bits per heavy atom. The van der Waals surface area contributed by atoms with Crippen LogP contribution in [0, 0.1) is 0 Å². The summed E-state index contributed by atoms with van der Waals surface area (Å²) in [7, 11) is 0. The highest BCUT2D eigenvalue weighted by Crippen LogP contribution is 2.26. The highest BCUT2D eigenvalue weighted by atomic mass is 35.5. The van der Waals surface area contributed by atoms with E-state index in [4.69, 9.17) is 28.9 Å². The third-order valence-electron chi connectivity index (χ3n) is 1.93. The number of nitrogens with zero attached hydrogens (tertiary/aromatic N) is 1. The molecule has 0 bridgehead atoms. The van der Waals surface area contributed by atoms with Crippen LogP contribution in [0.2, 0.25) is 10.0 Å². The number of nitrogens with one attached hydrogen (secondary N) is 1. The molecule has 0 aliphatic rings. The van der Waals surface area contributed by atoms with Gasteiger partial charge in [-0.15, -0.1) is 11.3 Å². The van der Waals surface area contributed by atoms with Crippen molar-refractivity contribution in [1.29, 1.82) is 0 Å². The molecule has 1 amide bonds. The van der Waals surface area contributed by atoms with E-state index in [0.717, 1.165) is 0 Å². The lowest BCUT2D eigenvalue weighted by Crippen LogP contribution is -2.12. The molecule has 3 N–H and O–H groups in total. The smallest absolute Gasteiger partial charge is 0.275 e. The summed E-state index contributed by atoms with van der Waals surface area (Å²) in [6, 6.07) is 4.81. The lowest BCUT2D eigenvalue weighted by atomic mass is 10.3. The van der Waals surface area contributed by atoms with Crippen molar-refractivity contribution < 1.29 is 4.79 Å². The van der Waals surface area contributed by atoms with Crippen molar-refractivity contribution in [3.63, 3.8) is 0 Å². The van der Waals surface area contributed by atoms with Gasteiger partial charge in [-0.25, -0.2) is 4.98 Å². The molecular weight excluding hydrogens is 281 g/mol. The zero-order valence-corrected chi connectivity index (χ0v) is 10.7. The largest absolute Gasteiger partial charge is 0.375 e. The summed E-state index contributed by atoms with van der Waals surface area (Å²) >= 11 is 12.9. The average Bonchev–Trinajstić information content (AvgIpc) is 2.69. The van der Waals surface area contributed by atoms with Gasteiger partial charge < -0.3 is 11.1 Å². The van der Waals surface area contributed by atoms with Crippen LogP contribution >= 0.6 is 34.5 Å². The Kier molecular flexibility index (Phi) is 3.51. The maximum Gasteiger partial charge on any atom is 0.275 e. The predicted octanol–water partition coefficient (Wildman–Crippen LogP) is 3.28. The molecule has 0 spiro atoms. The van der Waals surface area contributed by atoms with E-state index in [0.29, 0.717) is 20.9 Å². The van der Waals surface area contributed by atoms with Gasteiger partial charge in [0.2, 0.25) is 0 Å². The molecule has 0 saturated heterocycles. The third kappa shape index (κ3) is 2.88. The number of carbonyl (C=O) groups is 1. The molecule has 0 fully saturated rings. The van der Waals surface area contributed by atoms with Crippen molar-refractivity contribution in [3.05, 3.63) is 39.3 Å². The van der Waals surface area contributed by atoms with Gasteiger partial charge in [0.05, 0.1) is 10.7 Å². The summed E-state index contributed by atoms with van der Waals surface area (Å²) in [5.74, 6) is -0.359. The fraction of sp³-hybridized carbons (Fsp3) is 0. The maximum absolute atomic E-state index is 11.8. The number of halogens is 2. The van der Waals surface area contributed by atoms with E-state index in [2.05, 4.69) is 10.3 Å². The predicted molar refractivity (Wildman–Crippen MR) is 70.9 cm³/mol. The topological polar surface area (TPSA) is 68.0 Å². The summed E-state index contributed by atoms with van der Waals surface area (Å²) in [4.78, 5) is 15.6. The fourth-order valence-electron chi connectivity index (χ4n) is 1.17. The number of nitrogens with two attached hydrogens (primary N) is 1. The van der Waals surface area contributed by atoms with Gasteiger partial charge in [0, 0.05) is 10.4 Å². The number of rotatable bonds is 2. The Bertz CT molecular complexity index is 570. The standard InChI is InChI=1S/C10H7Cl2N3OS/c11-5-1-2-7(6(12)3-5)14-9(16)8-4-17-10(13)15-8/h1-4H,(H2,13,15)(H,14,16). The van der Waals surface area contributed by atoms with Gasteiger partial charge in [-0.05, 0) is 18.2 Å². The highest BCUT2D eigenvalue weighted by molar-refractivity contribution is 7.13. The summed E-state index contributed by atoms with van der Waals surface area (Å²) < 4.78 is 0. The summed E-state index contributed by atoms with van der Waals surface area (Å²) in [5, 5.41) is 5.42. The molecule has 1 aromatic carbocycles. The molecule has 17 heavy (non-hydrogen) atoms. The van der Waals surface area contributed by atoms with Crippen LogP contribution in [-0.2, 0) is 0 Å².